The summed E-state index contributed by atoms with van der Waals surface area (Å²) in [6.45, 7) is 16.0. The van der Waals surface area contributed by atoms with Gasteiger partial charge in [0.05, 0.1) is 0 Å². The molecule has 0 bridgehead atoms. The zero-order valence-corrected chi connectivity index (χ0v) is 16.3. The Morgan fingerprint density at radius 1 is 0.875 bits per heavy atom. The van der Waals surface area contributed by atoms with E-state index in [0.717, 1.165) is 6.42 Å². The first-order valence-corrected chi connectivity index (χ1v) is 8.95. The van der Waals surface area contributed by atoms with Crippen molar-refractivity contribution in [2.45, 2.75) is 66.7 Å². The van der Waals surface area contributed by atoms with Gasteiger partial charge in [-0.05, 0) is 53.0 Å². The Kier molecular flexibility index (Phi) is 5.47. The van der Waals surface area contributed by atoms with Gasteiger partial charge in [0.15, 0.2) is 0 Å². The van der Waals surface area contributed by atoms with E-state index < -0.39 is 0 Å². The minimum atomic E-state index is 0.175. The van der Waals surface area contributed by atoms with Crippen molar-refractivity contribution >= 4 is 0 Å². The maximum Gasteiger partial charge on any atom is 0.0440 e. The van der Waals surface area contributed by atoms with E-state index >= 15 is 0 Å². The molecule has 0 radical (unpaired) electrons. The first kappa shape index (κ1) is 18.6. The van der Waals surface area contributed by atoms with Crippen molar-refractivity contribution in [2.24, 2.45) is 10.8 Å². The summed E-state index contributed by atoms with van der Waals surface area (Å²) in [5, 5.41) is 0. The Hall–Kier alpha value is -1.70. The van der Waals surface area contributed by atoms with Gasteiger partial charge in [-0.25, -0.2) is 0 Å². The average molecular weight is 325 g/mol. The lowest BCUT2D eigenvalue weighted by Gasteiger charge is -2.31. The van der Waals surface area contributed by atoms with E-state index in [1.165, 1.54) is 17.0 Å². The Morgan fingerprint density at radius 3 is 2.04 bits per heavy atom. The summed E-state index contributed by atoms with van der Waals surface area (Å²) in [7, 11) is 0. The van der Waals surface area contributed by atoms with Gasteiger partial charge in [0, 0.05) is 29.7 Å². The lowest BCUT2D eigenvalue weighted by atomic mass is 9.74. The summed E-state index contributed by atoms with van der Waals surface area (Å²) in [6.07, 6.45) is 4.73. The SMILES string of the molecule is C[C@H](c1cccc(C[C@H](c2ccncc2)C(C)(C)C)n1)C(C)(C)C. The van der Waals surface area contributed by atoms with Crippen molar-refractivity contribution in [3.63, 3.8) is 0 Å². The van der Waals surface area contributed by atoms with Gasteiger partial charge >= 0.3 is 0 Å². The van der Waals surface area contributed by atoms with Gasteiger partial charge in [-0.2, -0.15) is 0 Å². The Balaban J connectivity index is 2.31. The summed E-state index contributed by atoms with van der Waals surface area (Å²) >= 11 is 0. The molecule has 0 saturated heterocycles. The third-order valence-corrected chi connectivity index (χ3v) is 5.14. The first-order chi connectivity index (χ1) is 11.1. The monoisotopic (exact) mass is 324 g/mol. The summed E-state index contributed by atoms with van der Waals surface area (Å²) in [5.74, 6) is 0.861. The Labute approximate surface area is 147 Å². The zero-order chi connectivity index (χ0) is 18.0. The molecular formula is C22H32N2. The molecule has 0 aromatic carbocycles. The molecule has 0 spiro atoms. The molecule has 0 aliphatic carbocycles. The van der Waals surface area contributed by atoms with Crippen LogP contribution >= 0.6 is 0 Å². The average Bonchev–Trinajstić information content (AvgIpc) is 2.51. The highest BCUT2D eigenvalue weighted by Crippen LogP contribution is 2.38. The van der Waals surface area contributed by atoms with E-state index in [9.17, 15) is 0 Å². The fourth-order valence-electron chi connectivity index (χ4n) is 3.03. The van der Waals surface area contributed by atoms with Crippen LogP contribution in [0.3, 0.4) is 0 Å². The van der Waals surface area contributed by atoms with Crippen LogP contribution in [0.25, 0.3) is 0 Å². The molecular weight excluding hydrogens is 292 g/mol. The Morgan fingerprint density at radius 2 is 1.50 bits per heavy atom. The second-order valence-corrected chi connectivity index (χ2v) is 9.04. The molecule has 0 aliphatic heterocycles. The van der Waals surface area contributed by atoms with Crippen LogP contribution in [0.1, 0.15) is 77.3 Å². The topological polar surface area (TPSA) is 25.8 Å². The molecule has 2 aromatic heterocycles. The Bertz CT molecular complexity index is 648. The third-order valence-electron chi connectivity index (χ3n) is 5.14. The van der Waals surface area contributed by atoms with Crippen LogP contribution in [-0.2, 0) is 6.42 Å². The second kappa shape index (κ2) is 7.04. The van der Waals surface area contributed by atoms with Crippen LogP contribution in [0.15, 0.2) is 42.7 Å². The summed E-state index contributed by atoms with van der Waals surface area (Å²) in [5.41, 5.74) is 4.12. The molecule has 0 N–H and O–H groups in total. The van der Waals surface area contributed by atoms with Gasteiger partial charge in [0.1, 0.15) is 0 Å². The number of nitrogens with zero attached hydrogens (tertiary/aromatic N) is 2. The van der Waals surface area contributed by atoms with Gasteiger partial charge < -0.3 is 0 Å². The minimum absolute atomic E-state index is 0.175. The predicted octanol–water partition coefficient (Wildman–Crippen LogP) is 6.00. The molecule has 0 amide bonds. The summed E-state index contributed by atoms with van der Waals surface area (Å²) < 4.78 is 0. The fraction of sp³-hybridized carbons (Fsp3) is 0.545. The van der Waals surface area contributed by atoms with E-state index in [2.05, 4.69) is 83.8 Å². The molecule has 0 aliphatic rings. The molecule has 0 fully saturated rings. The van der Waals surface area contributed by atoms with E-state index in [4.69, 9.17) is 4.98 Å². The lowest BCUT2D eigenvalue weighted by Crippen LogP contribution is -2.22. The predicted molar refractivity (Wildman–Crippen MR) is 102 cm³/mol. The summed E-state index contributed by atoms with van der Waals surface area (Å²) in [6, 6.07) is 10.8. The van der Waals surface area contributed by atoms with Crippen LogP contribution in [0.2, 0.25) is 0 Å². The van der Waals surface area contributed by atoms with Crippen molar-refractivity contribution in [3.05, 3.63) is 59.7 Å². The molecule has 0 unspecified atom stereocenters. The number of aromatic nitrogens is 2. The largest absolute Gasteiger partial charge is 0.265 e. The van der Waals surface area contributed by atoms with E-state index in [0.29, 0.717) is 11.8 Å². The molecule has 2 aromatic rings. The molecule has 24 heavy (non-hydrogen) atoms. The van der Waals surface area contributed by atoms with Gasteiger partial charge in [0.2, 0.25) is 0 Å². The quantitative estimate of drug-likeness (QED) is 0.689. The number of rotatable bonds is 4. The van der Waals surface area contributed by atoms with Crippen molar-refractivity contribution < 1.29 is 0 Å². The van der Waals surface area contributed by atoms with E-state index in [1.807, 2.05) is 12.4 Å². The third kappa shape index (κ3) is 4.66. The minimum Gasteiger partial charge on any atom is -0.265 e. The maximum atomic E-state index is 5.00. The first-order valence-electron chi connectivity index (χ1n) is 8.95. The van der Waals surface area contributed by atoms with Gasteiger partial charge in [-0.3, -0.25) is 9.97 Å². The second-order valence-electron chi connectivity index (χ2n) is 9.04. The van der Waals surface area contributed by atoms with E-state index in [1.54, 1.807) is 0 Å². The van der Waals surface area contributed by atoms with Gasteiger partial charge in [-0.15, -0.1) is 0 Å². The number of hydrogen-bond acceptors (Lipinski definition) is 2. The molecule has 2 heterocycles. The maximum absolute atomic E-state index is 5.00. The van der Waals surface area contributed by atoms with E-state index in [-0.39, 0.29) is 10.8 Å². The number of pyridine rings is 2. The van der Waals surface area contributed by atoms with Gasteiger partial charge in [-0.1, -0.05) is 54.5 Å². The van der Waals surface area contributed by atoms with Crippen LogP contribution < -0.4 is 0 Å². The van der Waals surface area contributed by atoms with Gasteiger partial charge in [0.25, 0.3) is 0 Å². The fourth-order valence-corrected chi connectivity index (χ4v) is 3.03. The standard InChI is InChI=1S/C22H32N2/c1-16(21(2,3)4)20-10-8-9-18(24-20)15-19(22(5,6)7)17-11-13-23-14-12-17/h8-14,16,19H,15H2,1-7H3/t16-,19-/m1/s1. The van der Waals surface area contributed by atoms with Crippen molar-refractivity contribution in [1.82, 2.24) is 9.97 Å². The molecule has 2 rings (SSSR count). The van der Waals surface area contributed by atoms with Crippen molar-refractivity contribution in [2.75, 3.05) is 0 Å². The molecule has 2 atom stereocenters. The molecule has 2 nitrogen and oxygen atoms in total. The van der Waals surface area contributed by atoms with Crippen LogP contribution in [0.4, 0.5) is 0 Å². The van der Waals surface area contributed by atoms with Crippen LogP contribution in [0.5, 0.6) is 0 Å². The summed E-state index contributed by atoms with van der Waals surface area (Å²) in [4.78, 5) is 9.17. The van der Waals surface area contributed by atoms with Crippen LogP contribution in [-0.4, -0.2) is 9.97 Å². The highest BCUT2D eigenvalue weighted by Gasteiger charge is 2.28. The number of hydrogen-bond donors (Lipinski definition) is 0. The van der Waals surface area contributed by atoms with Crippen molar-refractivity contribution in [3.8, 4) is 0 Å². The smallest absolute Gasteiger partial charge is 0.0440 e. The normalized spacial score (nSPS) is 15.1. The molecule has 0 saturated carbocycles. The lowest BCUT2D eigenvalue weighted by molar-refractivity contribution is 0.313. The van der Waals surface area contributed by atoms with Crippen molar-refractivity contribution in [1.29, 1.82) is 0 Å². The molecule has 2 heteroatoms. The van der Waals surface area contributed by atoms with Crippen LogP contribution in [0, 0.1) is 10.8 Å². The highest BCUT2D eigenvalue weighted by molar-refractivity contribution is 5.23. The highest BCUT2D eigenvalue weighted by atomic mass is 14.7. The molecule has 130 valence electrons. The zero-order valence-electron chi connectivity index (χ0n) is 16.3.